The smallest absolute Gasteiger partial charge is 0.161 e. The number of halogens is 1. The molecule has 1 aliphatic rings. The van der Waals surface area contributed by atoms with Gasteiger partial charge in [-0.25, -0.2) is 0 Å². The lowest BCUT2D eigenvalue weighted by molar-refractivity contribution is -0.929. The molecule has 1 heterocycles. The van der Waals surface area contributed by atoms with Gasteiger partial charge in [-0.1, -0.05) is 29.8 Å². The highest BCUT2D eigenvalue weighted by Crippen LogP contribution is 2.31. The predicted molar refractivity (Wildman–Crippen MR) is 87.9 cm³/mol. The minimum atomic E-state index is 0.806. The molecule has 1 N–H and O–H groups in total. The van der Waals surface area contributed by atoms with E-state index in [1.165, 1.54) is 21.6 Å². The number of methoxy groups -OCH3 is 2. The van der Waals surface area contributed by atoms with Crippen molar-refractivity contribution in [1.82, 2.24) is 0 Å². The Morgan fingerprint density at radius 1 is 1.05 bits per heavy atom. The number of ether oxygens (including phenoxy) is 2. The number of quaternary nitrogens is 1. The van der Waals surface area contributed by atoms with Crippen LogP contribution in [0.15, 0.2) is 36.4 Å². The average molecular weight is 319 g/mol. The number of benzene rings is 2. The normalized spacial score (nSPS) is 17.0. The highest BCUT2D eigenvalue weighted by atomic mass is 35.5. The van der Waals surface area contributed by atoms with Crippen LogP contribution in [-0.2, 0) is 19.5 Å². The molecule has 0 aliphatic carbocycles. The third kappa shape index (κ3) is 3.06. The van der Waals surface area contributed by atoms with E-state index < -0.39 is 0 Å². The molecule has 0 saturated heterocycles. The fourth-order valence-corrected chi connectivity index (χ4v) is 3.29. The summed E-state index contributed by atoms with van der Waals surface area (Å²) in [7, 11) is 3.36. The molecule has 1 unspecified atom stereocenters. The lowest BCUT2D eigenvalue weighted by atomic mass is 9.98. The average Bonchev–Trinajstić information content (AvgIpc) is 2.55. The molecule has 116 valence electrons. The van der Waals surface area contributed by atoms with Crippen molar-refractivity contribution >= 4 is 11.6 Å². The maximum absolute atomic E-state index is 6.28. The van der Waals surface area contributed by atoms with Gasteiger partial charge in [0.2, 0.25) is 0 Å². The number of hydrogen-bond acceptors (Lipinski definition) is 2. The van der Waals surface area contributed by atoms with Crippen LogP contribution in [-0.4, -0.2) is 20.8 Å². The Bertz CT molecular complexity index is 672. The van der Waals surface area contributed by atoms with Gasteiger partial charge < -0.3 is 14.4 Å². The molecule has 1 atom stereocenters. The van der Waals surface area contributed by atoms with Crippen LogP contribution in [0, 0.1) is 0 Å². The van der Waals surface area contributed by atoms with E-state index in [1.807, 2.05) is 18.2 Å². The summed E-state index contributed by atoms with van der Waals surface area (Å²) in [5.41, 5.74) is 3.91. The zero-order chi connectivity index (χ0) is 15.5. The van der Waals surface area contributed by atoms with Gasteiger partial charge in [0, 0.05) is 22.6 Å². The van der Waals surface area contributed by atoms with Crippen molar-refractivity contribution in [2.24, 2.45) is 0 Å². The predicted octanol–water partition coefficient (Wildman–Crippen LogP) is 2.50. The van der Waals surface area contributed by atoms with Crippen molar-refractivity contribution in [2.75, 3.05) is 20.8 Å². The van der Waals surface area contributed by atoms with E-state index in [0.717, 1.165) is 42.6 Å². The van der Waals surface area contributed by atoms with Gasteiger partial charge >= 0.3 is 0 Å². The van der Waals surface area contributed by atoms with Crippen LogP contribution in [0.3, 0.4) is 0 Å². The number of hydrogen-bond donors (Lipinski definition) is 1. The Kier molecular flexibility index (Phi) is 4.55. The lowest BCUT2D eigenvalue weighted by Crippen LogP contribution is -3.10. The second-order valence-corrected chi connectivity index (χ2v) is 6.08. The number of rotatable bonds is 4. The van der Waals surface area contributed by atoms with E-state index in [-0.39, 0.29) is 0 Å². The molecule has 2 aromatic carbocycles. The molecule has 0 radical (unpaired) electrons. The summed E-state index contributed by atoms with van der Waals surface area (Å²) in [6.07, 6.45) is 1.05. The molecular formula is C18H21ClNO2+. The van der Waals surface area contributed by atoms with Crippen LogP contribution in [0.2, 0.25) is 5.02 Å². The molecular weight excluding hydrogens is 298 g/mol. The van der Waals surface area contributed by atoms with Crippen LogP contribution in [0.25, 0.3) is 0 Å². The third-order valence-corrected chi connectivity index (χ3v) is 4.66. The summed E-state index contributed by atoms with van der Waals surface area (Å²) in [4.78, 5) is 1.52. The van der Waals surface area contributed by atoms with Gasteiger partial charge in [0.1, 0.15) is 13.1 Å². The minimum Gasteiger partial charge on any atom is -0.493 e. The first kappa shape index (κ1) is 15.2. The van der Waals surface area contributed by atoms with E-state index in [9.17, 15) is 0 Å². The van der Waals surface area contributed by atoms with Gasteiger partial charge in [-0.05, 0) is 23.8 Å². The maximum Gasteiger partial charge on any atom is 0.161 e. The molecule has 0 fully saturated rings. The first-order chi connectivity index (χ1) is 10.7. The van der Waals surface area contributed by atoms with Crippen LogP contribution in [0.1, 0.15) is 16.7 Å². The van der Waals surface area contributed by atoms with Gasteiger partial charge in [-0.2, -0.15) is 0 Å². The Morgan fingerprint density at radius 3 is 2.41 bits per heavy atom. The zero-order valence-electron chi connectivity index (χ0n) is 13.0. The summed E-state index contributed by atoms with van der Waals surface area (Å²) in [6, 6.07) is 12.3. The molecule has 4 heteroatoms. The largest absolute Gasteiger partial charge is 0.493 e. The Hall–Kier alpha value is -1.71. The van der Waals surface area contributed by atoms with Crippen molar-refractivity contribution in [1.29, 1.82) is 0 Å². The maximum atomic E-state index is 6.28. The molecule has 0 amide bonds. The standard InChI is InChI=1S/C18H20ClNO2/c1-21-17-9-13-7-8-20(12-15(13)10-18(17)22-2)11-14-5-3-4-6-16(14)19/h3-6,9-10H,7-8,11-12H2,1-2H3/p+1. The van der Waals surface area contributed by atoms with Crippen molar-refractivity contribution in [3.05, 3.63) is 58.1 Å². The van der Waals surface area contributed by atoms with Crippen LogP contribution >= 0.6 is 11.6 Å². The van der Waals surface area contributed by atoms with Gasteiger partial charge in [0.25, 0.3) is 0 Å². The second kappa shape index (κ2) is 6.59. The first-order valence-electron chi connectivity index (χ1n) is 7.52. The van der Waals surface area contributed by atoms with Crippen LogP contribution < -0.4 is 14.4 Å². The van der Waals surface area contributed by atoms with E-state index in [2.05, 4.69) is 18.2 Å². The quantitative estimate of drug-likeness (QED) is 0.936. The van der Waals surface area contributed by atoms with Crippen molar-refractivity contribution in [3.63, 3.8) is 0 Å². The molecule has 3 rings (SSSR count). The highest BCUT2D eigenvalue weighted by molar-refractivity contribution is 6.31. The minimum absolute atomic E-state index is 0.806. The van der Waals surface area contributed by atoms with Crippen molar-refractivity contribution in [3.8, 4) is 11.5 Å². The monoisotopic (exact) mass is 318 g/mol. The van der Waals surface area contributed by atoms with E-state index in [1.54, 1.807) is 14.2 Å². The van der Waals surface area contributed by atoms with Gasteiger partial charge in [-0.15, -0.1) is 0 Å². The summed E-state index contributed by atoms with van der Waals surface area (Å²) in [5, 5.41) is 0.855. The second-order valence-electron chi connectivity index (χ2n) is 5.67. The highest BCUT2D eigenvalue weighted by Gasteiger charge is 2.22. The summed E-state index contributed by atoms with van der Waals surface area (Å²) in [5.74, 6) is 1.62. The molecule has 0 aromatic heterocycles. The summed E-state index contributed by atoms with van der Waals surface area (Å²) >= 11 is 6.28. The first-order valence-corrected chi connectivity index (χ1v) is 7.90. The van der Waals surface area contributed by atoms with Gasteiger partial charge in [0.15, 0.2) is 11.5 Å². The molecule has 0 spiro atoms. The van der Waals surface area contributed by atoms with E-state index >= 15 is 0 Å². The van der Waals surface area contributed by atoms with Crippen molar-refractivity contribution in [2.45, 2.75) is 19.5 Å². The molecule has 0 saturated carbocycles. The summed E-state index contributed by atoms with van der Waals surface area (Å²) in [6.45, 7) is 3.04. The third-order valence-electron chi connectivity index (χ3n) is 4.29. The number of fused-ring (bicyclic) bond motifs is 1. The molecule has 2 aromatic rings. The Labute approximate surface area is 136 Å². The Balaban J connectivity index is 1.80. The SMILES string of the molecule is COc1cc2c(cc1OC)C[NH+](Cc1ccccc1Cl)CC2. The molecule has 3 nitrogen and oxygen atoms in total. The van der Waals surface area contributed by atoms with Crippen molar-refractivity contribution < 1.29 is 14.4 Å². The van der Waals surface area contributed by atoms with Crippen LogP contribution in [0.5, 0.6) is 11.5 Å². The van der Waals surface area contributed by atoms with Gasteiger partial charge in [-0.3, -0.25) is 0 Å². The van der Waals surface area contributed by atoms with Gasteiger partial charge in [0.05, 0.1) is 20.8 Å². The van der Waals surface area contributed by atoms with E-state index in [0.29, 0.717) is 0 Å². The van der Waals surface area contributed by atoms with Crippen LogP contribution in [0.4, 0.5) is 0 Å². The summed E-state index contributed by atoms with van der Waals surface area (Å²) < 4.78 is 10.8. The Morgan fingerprint density at radius 2 is 1.73 bits per heavy atom. The molecule has 22 heavy (non-hydrogen) atoms. The van der Waals surface area contributed by atoms with E-state index in [4.69, 9.17) is 21.1 Å². The fraction of sp³-hybridized carbons (Fsp3) is 0.333. The fourth-order valence-electron chi connectivity index (χ4n) is 3.09. The number of nitrogens with one attached hydrogen (secondary N) is 1. The molecule has 0 bridgehead atoms. The zero-order valence-corrected chi connectivity index (χ0v) is 13.7. The lowest BCUT2D eigenvalue weighted by Gasteiger charge is -2.27. The topological polar surface area (TPSA) is 22.9 Å². The molecule has 1 aliphatic heterocycles.